The molecule has 208 valence electrons. The molecule has 0 aliphatic heterocycles. The summed E-state index contributed by atoms with van der Waals surface area (Å²) < 4.78 is 1.70. The highest BCUT2D eigenvalue weighted by atomic mass is 16.2. The van der Waals surface area contributed by atoms with Crippen molar-refractivity contribution in [1.82, 2.24) is 14.5 Å². The van der Waals surface area contributed by atoms with E-state index in [1.54, 1.807) is 4.57 Å². The van der Waals surface area contributed by atoms with Crippen molar-refractivity contribution in [3.05, 3.63) is 154 Å². The molecule has 5 aromatic carbocycles. The number of benzene rings is 5. The summed E-state index contributed by atoms with van der Waals surface area (Å²) in [4.78, 5) is 35.5. The molecule has 0 radical (unpaired) electrons. The van der Waals surface area contributed by atoms with Crippen LogP contribution < -0.4 is 5.56 Å². The van der Waals surface area contributed by atoms with Crippen LogP contribution in [-0.2, 0) is 13.0 Å². The van der Waals surface area contributed by atoms with Crippen molar-refractivity contribution in [3.8, 4) is 5.69 Å². The number of nitrogens with zero attached hydrogens (tertiary/aromatic N) is 3. The molecule has 1 unspecified atom stereocenters. The van der Waals surface area contributed by atoms with E-state index in [0.717, 1.165) is 28.4 Å². The van der Waals surface area contributed by atoms with E-state index in [1.165, 1.54) is 5.56 Å². The van der Waals surface area contributed by atoms with Gasteiger partial charge in [-0.05, 0) is 71.1 Å². The Morgan fingerprint density at radius 1 is 0.762 bits per heavy atom. The van der Waals surface area contributed by atoms with Crippen molar-refractivity contribution in [2.24, 2.45) is 0 Å². The van der Waals surface area contributed by atoms with Gasteiger partial charge in [-0.3, -0.25) is 14.2 Å². The van der Waals surface area contributed by atoms with Gasteiger partial charge in [-0.1, -0.05) is 98.8 Å². The molecule has 1 amide bonds. The molecule has 0 bridgehead atoms. The van der Waals surface area contributed by atoms with E-state index in [0.29, 0.717) is 35.3 Å². The molecule has 0 N–H and O–H groups in total. The largest absolute Gasteiger partial charge is 0.324 e. The molecule has 0 aliphatic carbocycles. The maximum Gasteiger partial charge on any atom is 0.266 e. The lowest BCUT2D eigenvalue weighted by atomic mass is 10.0. The van der Waals surface area contributed by atoms with Crippen molar-refractivity contribution in [1.29, 1.82) is 0 Å². The zero-order valence-electron chi connectivity index (χ0n) is 23.9. The Morgan fingerprint density at radius 3 is 2.19 bits per heavy atom. The van der Waals surface area contributed by atoms with Crippen LogP contribution >= 0.6 is 0 Å². The first-order valence-electron chi connectivity index (χ1n) is 14.5. The summed E-state index contributed by atoms with van der Waals surface area (Å²) in [6.07, 6.45) is 1.48. The summed E-state index contributed by atoms with van der Waals surface area (Å²) in [5.41, 5.74) is 4.01. The molecule has 0 saturated carbocycles. The lowest BCUT2D eigenvalue weighted by Gasteiger charge is -2.33. The fraction of sp³-hybridized carbons (Fsp3) is 0.162. The Kier molecular flexibility index (Phi) is 7.65. The predicted octanol–water partition coefficient (Wildman–Crippen LogP) is 7.90. The van der Waals surface area contributed by atoms with Crippen LogP contribution in [0.5, 0.6) is 0 Å². The van der Waals surface area contributed by atoms with Crippen LogP contribution in [0, 0.1) is 0 Å². The van der Waals surface area contributed by atoms with Crippen molar-refractivity contribution in [2.45, 2.75) is 39.3 Å². The third-order valence-electron chi connectivity index (χ3n) is 7.92. The highest BCUT2D eigenvalue weighted by Crippen LogP contribution is 2.30. The van der Waals surface area contributed by atoms with Crippen LogP contribution in [0.15, 0.2) is 126 Å². The Hall–Kier alpha value is -5.03. The van der Waals surface area contributed by atoms with E-state index in [2.05, 4.69) is 6.92 Å². The third kappa shape index (κ3) is 5.21. The molecule has 6 aromatic rings. The van der Waals surface area contributed by atoms with Gasteiger partial charge >= 0.3 is 0 Å². The van der Waals surface area contributed by atoms with E-state index in [-0.39, 0.29) is 11.5 Å². The van der Waals surface area contributed by atoms with Gasteiger partial charge in [0.05, 0.1) is 22.6 Å². The second-order valence-electron chi connectivity index (χ2n) is 10.6. The first kappa shape index (κ1) is 27.2. The monoisotopic (exact) mass is 551 g/mol. The summed E-state index contributed by atoms with van der Waals surface area (Å²) in [6, 6.07) is 38.9. The number of aryl methyl sites for hydroxylation is 1. The zero-order valence-corrected chi connectivity index (χ0v) is 23.9. The zero-order chi connectivity index (χ0) is 29.1. The number of rotatable bonds is 8. The normalized spacial score (nSPS) is 12.0. The predicted molar refractivity (Wildman–Crippen MR) is 170 cm³/mol. The lowest BCUT2D eigenvalue weighted by molar-refractivity contribution is 0.0641. The van der Waals surface area contributed by atoms with Gasteiger partial charge in [-0.2, -0.15) is 0 Å². The SMILES string of the molecule is CCc1ccc(-n2c(C(CC)N(Cc3ccccc3)C(=O)c3ccc4ccccc4c3)nc3ccccc3c2=O)cc1. The highest BCUT2D eigenvalue weighted by Gasteiger charge is 2.30. The van der Waals surface area contributed by atoms with Crippen LogP contribution in [0.1, 0.15) is 53.6 Å². The van der Waals surface area contributed by atoms with Crippen molar-refractivity contribution in [2.75, 3.05) is 0 Å². The van der Waals surface area contributed by atoms with Crippen LogP contribution in [0.3, 0.4) is 0 Å². The summed E-state index contributed by atoms with van der Waals surface area (Å²) in [5.74, 6) is 0.447. The molecule has 0 fully saturated rings. The minimum Gasteiger partial charge on any atom is -0.324 e. The number of carbonyl (C=O) groups is 1. The molecule has 5 heteroatoms. The first-order chi connectivity index (χ1) is 20.6. The molecule has 1 heterocycles. The number of amides is 1. The molecule has 42 heavy (non-hydrogen) atoms. The van der Waals surface area contributed by atoms with Crippen LogP contribution in [-0.4, -0.2) is 20.4 Å². The number of hydrogen-bond acceptors (Lipinski definition) is 3. The second-order valence-corrected chi connectivity index (χ2v) is 10.6. The maximum absolute atomic E-state index is 14.5. The van der Waals surface area contributed by atoms with Crippen LogP contribution in [0.4, 0.5) is 0 Å². The smallest absolute Gasteiger partial charge is 0.266 e. The summed E-state index contributed by atoms with van der Waals surface area (Å²) >= 11 is 0. The van der Waals surface area contributed by atoms with Crippen LogP contribution in [0.2, 0.25) is 0 Å². The first-order valence-corrected chi connectivity index (χ1v) is 14.5. The number of fused-ring (bicyclic) bond motifs is 2. The van der Waals surface area contributed by atoms with E-state index in [9.17, 15) is 9.59 Å². The van der Waals surface area contributed by atoms with Gasteiger partial charge in [0.25, 0.3) is 11.5 Å². The van der Waals surface area contributed by atoms with E-state index < -0.39 is 6.04 Å². The lowest BCUT2D eigenvalue weighted by Crippen LogP contribution is -2.38. The van der Waals surface area contributed by atoms with Gasteiger partial charge in [0.1, 0.15) is 5.82 Å². The Morgan fingerprint density at radius 2 is 1.45 bits per heavy atom. The molecular weight excluding hydrogens is 518 g/mol. The van der Waals surface area contributed by atoms with E-state index in [1.807, 2.05) is 133 Å². The highest BCUT2D eigenvalue weighted by molar-refractivity contribution is 5.98. The minimum atomic E-state index is -0.465. The maximum atomic E-state index is 14.5. The van der Waals surface area contributed by atoms with Gasteiger partial charge in [0, 0.05) is 12.1 Å². The van der Waals surface area contributed by atoms with Crippen molar-refractivity contribution >= 4 is 27.6 Å². The molecule has 0 aliphatic rings. The Bertz CT molecular complexity index is 1930. The Balaban J connectivity index is 1.55. The number of hydrogen-bond donors (Lipinski definition) is 0. The quantitative estimate of drug-likeness (QED) is 0.193. The average molecular weight is 552 g/mol. The molecule has 1 aromatic heterocycles. The summed E-state index contributed by atoms with van der Waals surface area (Å²) in [6.45, 7) is 4.53. The van der Waals surface area contributed by atoms with Gasteiger partial charge in [-0.25, -0.2) is 4.98 Å². The Labute approximate surface area is 245 Å². The van der Waals surface area contributed by atoms with Gasteiger partial charge in [0.2, 0.25) is 0 Å². The van der Waals surface area contributed by atoms with E-state index >= 15 is 0 Å². The molecule has 1 atom stereocenters. The molecule has 6 rings (SSSR count). The standard InChI is InChI=1S/C37H33N3O2/c1-3-26-18-22-31(23-19-26)40-35(38-33-17-11-10-16-32(33)37(40)42)34(4-2)39(25-27-12-6-5-7-13-27)36(41)30-21-20-28-14-8-9-15-29(28)24-30/h5-24,34H,3-4,25H2,1-2H3. The van der Waals surface area contributed by atoms with Crippen molar-refractivity contribution in [3.63, 3.8) is 0 Å². The third-order valence-corrected chi connectivity index (χ3v) is 7.92. The molecule has 0 spiro atoms. The average Bonchev–Trinajstić information content (AvgIpc) is 3.05. The molecule has 0 saturated heterocycles. The van der Waals surface area contributed by atoms with Gasteiger partial charge < -0.3 is 4.90 Å². The number of carbonyl (C=O) groups excluding carboxylic acids is 1. The number of para-hydroxylation sites is 1. The number of aromatic nitrogens is 2. The van der Waals surface area contributed by atoms with Gasteiger partial charge in [-0.15, -0.1) is 0 Å². The van der Waals surface area contributed by atoms with Gasteiger partial charge in [0.15, 0.2) is 0 Å². The van der Waals surface area contributed by atoms with Crippen LogP contribution in [0.25, 0.3) is 27.4 Å². The van der Waals surface area contributed by atoms with Crippen molar-refractivity contribution < 1.29 is 4.79 Å². The fourth-order valence-corrected chi connectivity index (χ4v) is 5.64. The second kappa shape index (κ2) is 11.8. The summed E-state index contributed by atoms with van der Waals surface area (Å²) in [7, 11) is 0. The fourth-order valence-electron chi connectivity index (χ4n) is 5.64. The topological polar surface area (TPSA) is 55.2 Å². The minimum absolute atomic E-state index is 0.105. The van der Waals surface area contributed by atoms with E-state index in [4.69, 9.17) is 4.98 Å². The summed E-state index contributed by atoms with van der Waals surface area (Å²) in [5, 5.41) is 2.63. The molecule has 5 nitrogen and oxygen atoms in total. The molecular formula is C37H33N3O2.